The number of carbonyl (C=O) groups excluding carboxylic acids is 2. The fourth-order valence-corrected chi connectivity index (χ4v) is 2.92. The Labute approximate surface area is 138 Å². The summed E-state index contributed by atoms with van der Waals surface area (Å²) >= 11 is 0. The molecule has 24 heavy (non-hydrogen) atoms. The minimum Gasteiger partial charge on any atom is -0.324 e. The molecule has 0 bridgehead atoms. The van der Waals surface area contributed by atoms with Crippen molar-refractivity contribution in [3.05, 3.63) is 65.2 Å². The number of nitrogens with zero attached hydrogens (tertiary/aromatic N) is 1. The molecule has 4 nitrogen and oxygen atoms in total. The van der Waals surface area contributed by atoms with Gasteiger partial charge >= 0.3 is 0 Å². The van der Waals surface area contributed by atoms with Gasteiger partial charge < -0.3 is 10.2 Å². The Bertz CT molecular complexity index is 790. The van der Waals surface area contributed by atoms with Crippen molar-refractivity contribution in [1.82, 2.24) is 4.90 Å². The molecule has 1 atom stereocenters. The highest BCUT2D eigenvalue weighted by molar-refractivity contribution is 5.97. The third-order valence-electron chi connectivity index (χ3n) is 4.02. The quantitative estimate of drug-likeness (QED) is 0.919. The number of benzene rings is 2. The molecule has 0 fully saturated rings. The molecule has 0 saturated carbocycles. The Morgan fingerprint density at radius 2 is 1.83 bits per heavy atom. The minimum absolute atomic E-state index is 0.148. The third-order valence-corrected chi connectivity index (χ3v) is 4.02. The number of fused-ring (bicyclic) bond motifs is 1. The van der Waals surface area contributed by atoms with Crippen molar-refractivity contribution in [3.63, 3.8) is 0 Å². The van der Waals surface area contributed by atoms with Crippen molar-refractivity contribution in [1.29, 1.82) is 0 Å². The predicted octanol–water partition coefficient (Wildman–Crippen LogP) is 3.24. The molecule has 0 spiro atoms. The van der Waals surface area contributed by atoms with Gasteiger partial charge in [0.05, 0.1) is 6.04 Å². The number of amides is 2. The van der Waals surface area contributed by atoms with Gasteiger partial charge in [-0.15, -0.1) is 0 Å². The zero-order valence-electron chi connectivity index (χ0n) is 13.1. The van der Waals surface area contributed by atoms with Crippen molar-refractivity contribution in [2.75, 3.05) is 11.9 Å². The van der Waals surface area contributed by atoms with Gasteiger partial charge in [-0.3, -0.25) is 9.59 Å². The molecule has 1 aliphatic heterocycles. The van der Waals surface area contributed by atoms with E-state index in [4.69, 9.17) is 0 Å². The smallest absolute Gasteiger partial charge is 0.244 e. The fourth-order valence-electron chi connectivity index (χ4n) is 2.92. The number of hydrogen-bond donors (Lipinski definition) is 1. The van der Waals surface area contributed by atoms with Crippen LogP contribution >= 0.6 is 0 Å². The molecular weight excluding hydrogens is 314 g/mol. The standard InChI is InChI=1S/C18H16F2N2O2/c1-2-17(24)22-10-16(23)21-15-8-7-13(20)9-14(15)18(22)11-3-5-12(19)6-4-11/h3-9,18H,2,10H2,1H3,(H,21,23)/t18-/m0/s1. The number of nitrogens with one attached hydrogen (secondary N) is 1. The van der Waals surface area contributed by atoms with Crippen LogP contribution in [0.5, 0.6) is 0 Å². The van der Waals surface area contributed by atoms with Crippen molar-refractivity contribution >= 4 is 17.5 Å². The third kappa shape index (κ3) is 2.99. The molecule has 3 rings (SSSR count). The molecular formula is C18H16F2N2O2. The van der Waals surface area contributed by atoms with E-state index >= 15 is 0 Å². The first kappa shape index (κ1) is 16.1. The second-order valence-corrected chi connectivity index (χ2v) is 5.61. The van der Waals surface area contributed by atoms with Crippen LogP contribution in [0.1, 0.15) is 30.5 Å². The van der Waals surface area contributed by atoms with Crippen LogP contribution < -0.4 is 5.32 Å². The molecule has 1 N–H and O–H groups in total. The normalized spacial score (nSPS) is 17.0. The van der Waals surface area contributed by atoms with Gasteiger partial charge in [0, 0.05) is 17.7 Å². The second-order valence-electron chi connectivity index (χ2n) is 5.61. The zero-order chi connectivity index (χ0) is 17.3. The van der Waals surface area contributed by atoms with Crippen LogP contribution in [-0.2, 0) is 9.59 Å². The number of carbonyl (C=O) groups is 2. The summed E-state index contributed by atoms with van der Waals surface area (Å²) in [5.74, 6) is -1.47. The molecule has 2 aromatic rings. The maximum absolute atomic E-state index is 13.8. The Morgan fingerprint density at radius 3 is 2.50 bits per heavy atom. The van der Waals surface area contributed by atoms with E-state index in [2.05, 4.69) is 5.32 Å². The van der Waals surface area contributed by atoms with Crippen LogP contribution in [0, 0.1) is 11.6 Å². The summed E-state index contributed by atoms with van der Waals surface area (Å²) in [6.07, 6.45) is 0.204. The maximum atomic E-state index is 13.8. The summed E-state index contributed by atoms with van der Waals surface area (Å²) in [7, 11) is 0. The van der Waals surface area contributed by atoms with Crippen molar-refractivity contribution < 1.29 is 18.4 Å². The molecule has 2 amide bonds. The largest absolute Gasteiger partial charge is 0.324 e. The van der Waals surface area contributed by atoms with Gasteiger partial charge in [-0.1, -0.05) is 19.1 Å². The van der Waals surface area contributed by atoms with Crippen LogP contribution in [0.4, 0.5) is 14.5 Å². The molecule has 0 aromatic heterocycles. The highest BCUT2D eigenvalue weighted by Crippen LogP contribution is 2.36. The maximum Gasteiger partial charge on any atom is 0.244 e. The zero-order valence-corrected chi connectivity index (χ0v) is 13.1. The Hall–Kier alpha value is -2.76. The minimum atomic E-state index is -0.664. The molecule has 124 valence electrons. The van der Waals surface area contributed by atoms with E-state index < -0.39 is 17.7 Å². The van der Waals surface area contributed by atoms with Gasteiger partial charge in [0.2, 0.25) is 11.8 Å². The van der Waals surface area contributed by atoms with Crippen LogP contribution in [0.25, 0.3) is 0 Å². The van der Waals surface area contributed by atoms with Crippen molar-refractivity contribution in [2.45, 2.75) is 19.4 Å². The highest BCUT2D eigenvalue weighted by atomic mass is 19.1. The number of halogens is 2. The van der Waals surface area contributed by atoms with Gasteiger partial charge in [-0.25, -0.2) is 8.78 Å². The van der Waals surface area contributed by atoms with E-state index in [9.17, 15) is 18.4 Å². The summed E-state index contributed by atoms with van der Waals surface area (Å²) in [6, 6.07) is 9.00. The summed E-state index contributed by atoms with van der Waals surface area (Å²) in [4.78, 5) is 25.9. The van der Waals surface area contributed by atoms with Crippen LogP contribution in [0.2, 0.25) is 0 Å². The lowest BCUT2D eigenvalue weighted by atomic mass is 9.95. The Morgan fingerprint density at radius 1 is 1.17 bits per heavy atom. The first-order chi connectivity index (χ1) is 11.5. The van der Waals surface area contributed by atoms with Crippen molar-refractivity contribution in [2.24, 2.45) is 0 Å². The lowest BCUT2D eigenvalue weighted by molar-refractivity contribution is -0.135. The number of anilines is 1. The van der Waals surface area contributed by atoms with E-state index in [0.29, 0.717) is 16.8 Å². The van der Waals surface area contributed by atoms with E-state index in [1.807, 2.05) is 0 Å². The van der Waals surface area contributed by atoms with E-state index in [1.165, 1.54) is 35.2 Å². The highest BCUT2D eigenvalue weighted by Gasteiger charge is 2.32. The van der Waals surface area contributed by atoms with Crippen LogP contribution in [0.15, 0.2) is 42.5 Å². The Balaban J connectivity index is 2.20. The first-order valence-electron chi connectivity index (χ1n) is 7.64. The summed E-state index contributed by atoms with van der Waals surface area (Å²) < 4.78 is 27.1. The van der Waals surface area contributed by atoms with Gasteiger partial charge in [0.25, 0.3) is 0 Å². The van der Waals surface area contributed by atoms with Crippen molar-refractivity contribution in [3.8, 4) is 0 Å². The number of hydrogen-bond acceptors (Lipinski definition) is 2. The molecule has 2 aromatic carbocycles. The van der Waals surface area contributed by atoms with E-state index in [1.54, 1.807) is 19.1 Å². The molecule has 1 aliphatic rings. The summed E-state index contributed by atoms with van der Waals surface area (Å²) in [5, 5.41) is 2.70. The lowest BCUT2D eigenvalue weighted by Crippen LogP contribution is -2.38. The molecule has 6 heteroatoms. The molecule has 0 unspecified atom stereocenters. The first-order valence-corrected chi connectivity index (χ1v) is 7.64. The molecule has 0 saturated heterocycles. The second kappa shape index (κ2) is 6.39. The lowest BCUT2D eigenvalue weighted by Gasteiger charge is -2.30. The molecule has 0 aliphatic carbocycles. The molecule has 1 heterocycles. The SMILES string of the molecule is CCC(=O)N1CC(=O)Nc2ccc(F)cc2[C@@H]1c1ccc(F)cc1. The van der Waals surface area contributed by atoms with Gasteiger partial charge in [-0.2, -0.15) is 0 Å². The summed E-state index contributed by atoms with van der Waals surface area (Å²) in [6.45, 7) is 1.55. The van der Waals surface area contributed by atoms with Gasteiger partial charge in [0.15, 0.2) is 0 Å². The average molecular weight is 330 g/mol. The van der Waals surface area contributed by atoms with Gasteiger partial charge in [0.1, 0.15) is 18.2 Å². The molecule has 0 radical (unpaired) electrons. The topological polar surface area (TPSA) is 49.4 Å². The Kier molecular flexibility index (Phi) is 4.29. The van der Waals surface area contributed by atoms with E-state index in [-0.39, 0.29) is 24.8 Å². The fraction of sp³-hybridized carbons (Fsp3) is 0.222. The van der Waals surface area contributed by atoms with Crippen LogP contribution in [-0.4, -0.2) is 23.3 Å². The average Bonchev–Trinajstić information content (AvgIpc) is 2.71. The van der Waals surface area contributed by atoms with Crippen LogP contribution in [0.3, 0.4) is 0 Å². The predicted molar refractivity (Wildman–Crippen MR) is 85.3 cm³/mol. The number of rotatable bonds is 2. The van der Waals surface area contributed by atoms with Gasteiger partial charge in [-0.05, 0) is 35.9 Å². The van der Waals surface area contributed by atoms with E-state index in [0.717, 1.165) is 0 Å². The summed E-state index contributed by atoms with van der Waals surface area (Å²) in [5.41, 5.74) is 1.53. The monoisotopic (exact) mass is 330 g/mol.